The molecule has 2 saturated heterocycles. The highest BCUT2D eigenvalue weighted by atomic mass is 15.2. The van der Waals surface area contributed by atoms with E-state index >= 15 is 0 Å². The first-order valence-corrected chi connectivity index (χ1v) is 6.72. The third-order valence-corrected chi connectivity index (χ3v) is 4.52. The highest BCUT2D eigenvalue weighted by Gasteiger charge is 2.37. The van der Waals surface area contributed by atoms with Crippen molar-refractivity contribution in [2.75, 3.05) is 26.2 Å². The van der Waals surface area contributed by atoms with E-state index in [9.17, 15) is 0 Å². The number of nitrogens with zero attached hydrogens (tertiary/aromatic N) is 1. The normalized spacial score (nSPS) is 32.8. The maximum absolute atomic E-state index is 3.50. The second kappa shape index (κ2) is 4.84. The zero-order valence-electron chi connectivity index (χ0n) is 10.4. The topological polar surface area (TPSA) is 15.3 Å². The van der Waals surface area contributed by atoms with Crippen molar-refractivity contribution in [1.29, 1.82) is 0 Å². The van der Waals surface area contributed by atoms with Crippen LogP contribution in [-0.4, -0.2) is 36.6 Å². The summed E-state index contributed by atoms with van der Waals surface area (Å²) >= 11 is 0. The Balaban J connectivity index is 2.03. The van der Waals surface area contributed by atoms with Crippen molar-refractivity contribution in [2.24, 2.45) is 5.92 Å². The molecule has 0 saturated carbocycles. The van der Waals surface area contributed by atoms with Crippen molar-refractivity contribution in [3.8, 4) is 0 Å². The molecule has 0 aromatic rings. The quantitative estimate of drug-likeness (QED) is 0.752. The standard InChI is InChI=1S/C13H26N2/c1-3-13(6-8-14-9-7-13)15-10-4-5-12(2)11-15/h12,14H,3-11H2,1-2H3/t12-/m1/s1. The minimum atomic E-state index is 0.542. The van der Waals surface area contributed by atoms with Gasteiger partial charge in [-0.2, -0.15) is 0 Å². The van der Waals surface area contributed by atoms with E-state index in [0.717, 1.165) is 5.92 Å². The van der Waals surface area contributed by atoms with Gasteiger partial charge in [0.15, 0.2) is 0 Å². The summed E-state index contributed by atoms with van der Waals surface area (Å²) < 4.78 is 0. The van der Waals surface area contributed by atoms with Crippen molar-refractivity contribution < 1.29 is 0 Å². The fraction of sp³-hybridized carbons (Fsp3) is 1.00. The molecule has 0 aliphatic carbocycles. The molecule has 2 heteroatoms. The Labute approximate surface area is 94.4 Å². The number of hydrogen-bond acceptors (Lipinski definition) is 2. The van der Waals surface area contributed by atoms with Crippen molar-refractivity contribution in [1.82, 2.24) is 10.2 Å². The average molecular weight is 210 g/mol. The van der Waals surface area contributed by atoms with Crippen LogP contribution < -0.4 is 5.32 Å². The first-order chi connectivity index (χ1) is 7.27. The molecule has 0 aromatic heterocycles. The lowest BCUT2D eigenvalue weighted by molar-refractivity contribution is 0.0193. The van der Waals surface area contributed by atoms with Crippen molar-refractivity contribution in [2.45, 2.75) is 51.5 Å². The summed E-state index contributed by atoms with van der Waals surface area (Å²) in [6, 6.07) is 0. The molecule has 0 spiro atoms. The third-order valence-electron chi connectivity index (χ3n) is 4.52. The molecule has 2 fully saturated rings. The van der Waals surface area contributed by atoms with Crippen LogP contribution in [0.15, 0.2) is 0 Å². The highest BCUT2D eigenvalue weighted by Crippen LogP contribution is 2.33. The predicted octanol–water partition coefficient (Wildman–Crippen LogP) is 2.25. The molecule has 88 valence electrons. The van der Waals surface area contributed by atoms with Crippen LogP contribution in [0.1, 0.15) is 46.0 Å². The van der Waals surface area contributed by atoms with E-state index in [1.807, 2.05) is 0 Å². The summed E-state index contributed by atoms with van der Waals surface area (Å²) in [5.74, 6) is 0.914. The number of hydrogen-bond donors (Lipinski definition) is 1. The van der Waals surface area contributed by atoms with Gasteiger partial charge in [0.25, 0.3) is 0 Å². The largest absolute Gasteiger partial charge is 0.317 e. The molecule has 2 heterocycles. The van der Waals surface area contributed by atoms with Crippen LogP contribution in [0.4, 0.5) is 0 Å². The smallest absolute Gasteiger partial charge is 0.0231 e. The molecule has 0 bridgehead atoms. The van der Waals surface area contributed by atoms with Crippen LogP contribution in [0.3, 0.4) is 0 Å². The zero-order chi connectivity index (χ0) is 10.7. The van der Waals surface area contributed by atoms with Gasteiger partial charge >= 0.3 is 0 Å². The lowest BCUT2D eigenvalue weighted by Crippen LogP contribution is -2.56. The van der Waals surface area contributed by atoms with Gasteiger partial charge in [0, 0.05) is 12.1 Å². The minimum absolute atomic E-state index is 0.542. The van der Waals surface area contributed by atoms with Crippen LogP contribution >= 0.6 is 0 Å². The minimum Gasteiger partial charge on any atom is -0.317 e. The average Bonchev–Trinajstić information content (AvgIpc) is 2.30. The Hall–Kier alpha value is -0.0800. The van der Waals surface area contributed by atoms with Crippen LogP contribution in [0.25, 0.3) is 0 Å². The van der Waals surface area contributed by atoms with Crippen molar-refractivity contribution in [3.63, 3.8) is 0 Å². The second-order valence-electron chi connectivity index (χ2n) is 5.52. The fourth-order valence-corrected chi connectivity index (χ4v) is 3.41. The first-order valence-electron chi connectivity index (χ1n) is 6.72. The van der Waals surface area contributed by atoms with E-state index in [0.29, 0.717) is 5.54 Å². The number of piperidine rings is 2. The van der Waals surface area contributed by atoms with E-state index < -0.39 is 0 Å². The maximum Gasteiger partial charge on any atom is 0.0231 e. The molecule has 2 aliphatic heterocycles. The Morgan fingerprint density at radius 3 is 2.67 bits per heavy atom. The van der Waals surface area contributed by atoms with E-state index in [1.54, 1.807) is 0 Å². The molecule has 15 heavy (non-hydrogen) atoms. The van der Waals surface area contributed by atoms with Gasteiger partial charge in [-0.3, -0.25) is 4.90 Å². The summed E-state index contributed by atoms with van der Waals surface area (Å²) in [6.07, 6.45) is 6.90. The van der Waals surface area contributed by atoms with Crippen molar-refractivity contribution >= 4 is 0 Å². The lowest BCUT2D eigenvalue weighted by atomic mass is 9.81. The Morgan fingerprint density at radius 1 is 1.33 bits per heavy atom. The van der Waals surface area contributed by atoms with Crippen LogP contribution in [0.2, 0.25) is 0 Å². The number of rotatable bonds is 2. The van der Waals surface area contributed by atoms with Gasteiger partial charge in [-0.25, -0.2) is 0 Å². The van der Waals surface area contributed by atoms with Gasteiger partial charge in [-0.05, 0) is 57.7 Å². The maximum atomic E-state index is 3.50. The summed E-state index contributed by atoms with van der Waals surface area (Å²) in [6.45, 7) is 9.92. The first kappa shape index (κ1) is 11.4. The molecule has 0 aromatic carbocycles. The summed E-state index contributed by atoms with van der Waals surface area (Å²) in [7, 11) is 0. The van der Waals surface area contributed by atoms with Gasteiger partial charge in [0.1, 0.15) is 0 Å². The van der Waals surface area contributed by atoms with E-state index in [1.165, 1.54) is 58.3 Å². The molecule has 0 amide bonds. The molecule has 0 unspecified atom stereocenters. The van der Waals surface area contributed by atoms with Gasteiger partial charge in [0.2, 0.25) is 0 Å². The molecule has 1 N–H and O–H groups in total. The van der Waals surface area contributed by atoms with Gasteiger partial charge in [0.05, 0.1) is 0 Å². The van der Waals surface area contributed by atoms with Crippen LogP contribution in [0, 0.1) is 5.92 Å². The van der Waals surface area contributed by atoms with E-state index in [4.69, 9.17) is 0 Å². The van der Waals surface area contributed by atoms with Crippen LogP contribution in [0.5, 0.6) is 0 Å². The monoisotopic (exact) mass is 210 g/mol. The molecular formula is C13H26N2. The molecule has 0 radical (unpaired) electrons. The molecule has 2 rings (SSSR count). The van der Waals surface area contributed by atoms with E-state index in [-0.39, 0.29) is 0 Å². The van der Waals surface area contributed by atoms with Crippen LogP contribution in [-0.2, 0) is 0 Å². The van der Waals surface area contributed by atoms with Gasteiger partial charge in [-0.1, -0.05) is 13.8 Å². The Morgan fingerprint density at radius 2 is 2.07 bits per heavy atom. The Kier molecular flexibility index (Phi) is 3.68. The van der Waals surface area contributed by atoms with Gasteiger partial charge in [-0.15, -0.1) is 0 Å². The number of likely N-dealkylation sites (tertiary alicyclic amines) is 1. The summed E-state index contributed by atoms with van der Waals surface area (Å²) in [5, 5.41) is 3.50. The predicted molar refractivity (Wildman–Crippen MR) is 65.1 cm³/mol. The Bertz CT molecular complexity index is 197. The molecule has 2 aliphatic rings. The molecule has 1 atom stereocenters. The SMILES string of the molecule is CCC1(N2CCC[C@@H](C)C2)CCNCC1. The fourth-order valence-electron chi connectivity index (χ4n) is 3.41. The summed E-state index contributed by atoms with van der Waals surface area (Å²) in [5.41, 5.74) is 0.542. The second-order valence-corrected chi connectivity index (χ2v) is 5.52. The highest BCUT2D eigenvalue weighted by molar-refractivity contribution is 4.95. The summed E-state index contributed by atoms with van der Waals surface area (Å²) in [4.78, 5) is 2.81. The van der Waals surface area contributed by atoms with E-state index in [2.05, 4.69) is 24.1 Å². The molecular weight excluding hydrogens is 184 g/mol. The zero-order valence-corrected chi connectivity index (χ0v) is 10.4. The lowest BCUT2D eigenvalue weighted by Gasteiger charge is -2.49. The molecule has 2 nitrogen and oxygen atoms in total. The van der Waals surface area contributed by atoms with Gasteiger partial charge < -0.3 is 5.32 Å². The van der Waals surface area contributed by atoms with Crippen molar-refractivity contribution in [3.05, 3.63) is 0 Å². The number of nitrogens with one attached hydrogen (secondary N) is 1. The third kappa shape index (κ3) is 2.36.